The second-order valence-electron chi connectivity index (χ2n) is 3.74. The van der Waals surface area contributed by atoms with Gasteiger partial charge in [-0.15, -0.1) is 0 Å². The number of hydrogen-bond donors (Lipinski definition) is 1. The van der Waals surface area contributed by atoms with Crippen LogP contribution in [-0.4, -0.2) is 0 Å². The highest BCUT2D eigenvalue weighted by Gasteiger charge is 2.05. The Bertz CT molecular complexity index is 605. The average Bonchev–Trinajstić information content (AvgIpc) is 2.38. The molecule has 0 aromatic heterocycles. The monoisotopic (exact) mass is 242 g/mol. The maximum absolute atomic E-state index is 12.9. The molecule has 0 aliphatic carbocycles. The number of anilines is 1. The van der Waals surface area contributed by atoms with Crippen LogP contribution in [0.4, 0.5) is 10.1 Å². The van der Waals surface area contributed by atoms with Gasteiger partial charge in [-0.25, -0.2) is 4.39 Å². The van der Waals surface area contributed by atoms with Crippen LogP contribution >= 0.6 is 0 Å². The fraction of sp³-hybridized carbons (Fsp3) is 0.0714. The van der Waals surface area contributed by atoms with Gasteiger partial charge in [-0.3, -0.25) is 0 Å². The van der Waals surface area contributed by atoms with Crippen LogP contribution in [0.25, 0.3) is 0 Å². The molecule has 4 heteroatoms. The molecular formula is C14H11FN2O. The van der Waals surface area contributed by atoms with E-state index in [9.17, 15) is 4.39 Å². The zero-order valence-corrected chi connectivity index (χ0v) is 9.56. The molecule has 3 nitrogen and oxygen atoms in total. The standard InChI is InChI=1S/C14H11FN2O/c15-12-6-5-11(13(17)7-12)9-18-14-4-2-1-3-10(14)8-16/h1-7H,9,17H2. The van der Waals surface area contributed by atoms with Crippen LogP contribution in [0.5, 0.6) is 5.75 Å². The number of rotatable bonds is 3. The van der Waals surface area contributed by atoms with Crippen molar-refractivity contribution >= 4 is 5.69 Å². The fourth-order valence-corrected chi connectivity index (χ4v) is 1.54. The lowest BCUT2D eigenvalue weighted by molar-refractivity contribution is 0.306. The van der Waals surface area contributed by atoms with Crippen molar-refractivity contribution in [3.8, 4) is 11.8 Å². The number of halogens is 1. The van der Waals surface area contributed by atoms with Crippen molar-refractivity contribution in [3.63, 3.8) is 0 Å². The maximum atomic E-state index is 12.9. The van der Waals surface area contributed by atoms with Crippen molar-refractivity contribution < 1.29 is 9.13 Å². The van der Waals surface area contributed by atoms with Crippen LogP contribution in [-0.2, 0) is 6.61 Å². The summed E-state index contributed by atoms with van der Waals surface area (Å²) in [4.78, 5) is 0. The van der Waals surface area contributed by atoms with Gasteiger partial charge in [-0.05, 0) is 24.3 Å². The molecule has 18 heavy (non-hydrogen) atoms. The third-order valence-corrected chi connectivity index (χ3v) is 2.50. The van der Waals surface area contributed by atoms with Gasteiger partial charge in [0.05, 0.1) is 5.56 Å². The Hall–Kier alpha value is -2.54. The van der Waals surface area contributed by atoms with E-state index in [1.165, 1.54) is 12.1 Å². The topological polar surface area (TPSA) is 59.0 Å². The fourth-order valence-electron chi connectivity index (χ4n) is 1.54. The molecule has 0 amide bonds. The number of para-hydroxylation sites is 1. The summed E-state index contributed by atoms with van der Waals surface area (Å²) in [6, 6.07) is 13.1. The van der Waals surface area contributed by atoms with Gasteiger partial charge in [0.15, 0.2) is 0 Å². The molecule has 0 radical (unpaired) electrons. The van der Waals surface area contributed by atoms with E-state index in [0.29, 0.717) is 22.6 Å². The summed E-state index contributed by atoms with van der Waals surface area (Å²) in [5, 5.41) is 8.90. The van der Waals surface area contributed by atoms with Crippen LogP contribution in [0.3, 0.4) is 0 Å². The third kappa shape index (κ3) is 2.58. The van der Waals surface area contributed by atoms with E-state index in [2.05, 4.69) is 0 Å². The van der Waals surface area contributed by atoms with Crippen molar-refractivity contribution in [1.29, 1.82) is 5.26 Å². The van der Waals surface area contributed by atoms with Gasteiger partial charge >= 0.3 is 0 Å². The first-order chi connectivity index (χ1) is 8.70. The molecule has 0 saturated carbocycles. The number of nitriles is 1. The molecule has 0 saturated heterocycles. The van der Waals surface area contributed by atoms with Gasteiger partial charge in [-0.2, -0.15) is 5.26 Å². The number of nitrogens with zero attached hydrogens (tertiary/aromatic N) is 1. The second kappa shape index (κ2) is 5.19. The number of benzene rings is 2. The summed E-state index contributed by atoms with van der Waals surface area (Å²) in [5.74, 6) is 0.109. The number of nitrogen functional groups attached to an aromatic ring is 1. The molecular weight excluding hydrogens is 231 g/mol. The highest BCUT2D eigenvalue weighted by Crippen LogP contribution is 2.20. The Kier molecular flexibility index (Phi) is 3.44. The van der Waals surface area contributed by atoms with Crippen LogP contribution in [0.15, 0.2) is 42.5 Å². The van der Waals surface area contributed by atoms with Gasteiger partial charge in [-0.1, -0.05) is 18.2 Å². The summed E-state index contributed by atoms with van der Waals surface area (Å²) in [6.45, 7) is 0.199. The van der Waals surface area contributed by atoms with Gasteiger partial charge in [0.25, 0.3) is 0 Å². The minimum absolute atomic E-state index is 0.199. The largest absolute Gasteiger partial charge is 0.487 e. The Morgan fingerprint density at radius 2 is 2.00 bits per heavy atom. The minimum Gasteiger partial charge on any atom is -0.487 e. The first-order valence-corrected chi connectivity index (χ1v) is 5.36. The van der Waals surface area contributed by atoms with Gasteiger partial charge in [0.1, 0.15) is 24.2 Å². The van der Waals surface area contributed by atoms with Gasteiger partial charge in [0.2, 0.25) is 0 Å². The van der Waals surface area contributed by atoms with Crippen LogP contribution < -0.4 is 10.5 Å². The van der Waals surface area contributed by atoms with E-state index < -0.39 is 0 Å². The molecule has 0 aliphatic rings. The molecule has 90 valence electrons. The van der Waals surface area contributed by atoms with Crippen LogP contribution in [0, 0.1) is 17.1 Å². The first kappa shape index (κ1) is 11.9. The maximum Gasteiger partial charge on any atom is 0.137 e. The Labute approximate surface area is 104 Å². The quantitative estimate of drug-likeness (QED) is 0.842. The number of ether oxygens (including phenoxy) is 1. The van der Waals surface area contributed by atoms with E-state index >= 15 is 0 Å². The summed E-state index contributed by atoms with van der Waals surface area (Å²) < 4.78 is 18.4. The molecule has 0 unspecified atom stereocenters. The summed E-state index contributed by atoms with van der Waals surface area (Å²) >= 11 is 0. The SMILES string of the molecule is N#Cc1ccccc1OCc1ccc(F)cc1N. The lowest BCUT2D eigenvalue weighted by Gasteiger charge is -2.09. The smallest absolute Gasteiger partial charge is 0.137 e. The zero-order valence-electron chi connectivity index (χ0n) is 9.56. The van der Waals surface area contributed by atoms with Gasteiger partial charge < -0.3 is 10.5 Å². The minimum atomic E-state index is -0.381. The number of nitrogens with two attached hydrogens (primary N) is 1. The predicted octanol–water partition coefficient (Wildman–Crippen LogP) is 2.86. The molecule has 0 atom stereocenters. The predicted molar refractivity (Wildman–Crippen MR) is 66.3 cm³/mol. The van der Waals surface area contributed by atoms with Crippen molar-refractivity contribution in [2.75, 3.05) is 5.73 Å². The Balaban J connectivity index is 2.14. The molecule has 0 aliphatic heterocycles. The summed E-state index contributed by atoms with van der Waals surface area (Å²) in [5.41, 5.74) is 7.15. The molecule has 0 heterocycles. The van der Waals surface area contributed by atoms with Crippen molar-refractivity contribution in [1.82, 2.24) is 0 Å². The average molecular weight is 242 g/mol. The number of hydrogen-bond acceptors (Lipinski definition) is 3. The van der Waals surface area contributed by atoms with Crippen molar-refractivity contribution in [2.45, 2.75) is 6.61 Å². The second-order valence-corrected chi connectivity index (χ2v) is 3.74. The lowest BCUT2D eigenvalue weighted by atomic mass is 10.2. The van der Waals surface area contributed by atoms with E-state index in [0.717, 1.165) is 0 Å². The molecule has 2 aromatic carbocycles. The van der Waals surface area contributed by atoms with E-state index in [4.69, 9.17) is 15.7 Å². The molecule has 2 aromatic rings. The molecule has 2 N–H and O–H groups in total. The highest BCUT2D eigenvalue weighted by molar-refractivity contribution is 5.47. The molecule has 0 spiro atoms. The van der Waals surface area contributed by atoms with Crippen LogP contribution in [0.2, 0.25) is 0 Å². The molecule has 0 fully saturated rings. The normalized spacial score (nSPS) is 9.78. The molecule has 2 rings (SSSR count). The summed E-state index contributed by atoms with van der Waals surface area (Å²) in [7, 11) is 0. The first-order valence-electron chi connectivity index (χ1n) is 5.36. The van der Waals surface area contributed by atoms with Crippen LogP contribution in [0.1, 0.15) is 11.1 Å². The zero-order chi connectivity index (χ0) is 13.0. The van der Waals surface area contributed by atoms with Crippen molar-refractivity contribution in [2.24, 2.45) is 0 Å². The Morgan fingerprint density at radius 3 is 2.72 bits per heavy atom. The molecule has 0 bridgehead atoms. The van der Waals surface area contributed by atoms with Gasteiger partial charge in [0, 0.05) is 11.3 Å². The summed E-state index contributed by atoms with van der Waals surface area (Å²) in [6.07, 6.45) is 0. The van der Waals surface area contributed by atoms with E-state index in [1.54, 1.807) is 30.3 Å². The van der Waals surface area contributed by atoms with E-state index in [1.807, 2.05) is 6.07 Å². The lowest BCUT2D eigenvalue weighted by Crippen LogP contribution is -2.01. The third-order valence-electron chi connectivity index (χ3n) is 2.50. The van der Waals surface area contributed by atoms with E-state index in [-0.39, 0.29) is 12.4 Å². The van der Waals surface area contributed by atoms with Crippen molar-refractivity contribution in [3.05, 3.63) is 59.4 Å². The highest BCUT2D eigenvalue weighted by atomic mass is 19.1. The Morgan fingerprint density at radius 1 is 1.22 bits per heavy atom.